The molecule has 0 radical (unpaired) electrons. The molecule has 160 valence electrons. The molecule has 8 nitrogen and oxygen atoms in total. The summed E-state index contributed by atoms with van der Waals surface area (Å²) in [6.07, 6.45) is 0.919. The molecule has 0 bridgehead atoms. The summed E-state index contributed by atoms with van der Waals surface area (Å²) in [7, 11) is -6.54. The molecule has 0 spiro atoms. The Morgan fingerprint density at radius 1 is 1.17 bits per heavy atom. The number of rotatable bonds is 7. The number of nitrogen functional groups attached to an aromatic ring is 1. The smallest absolute Gasteiger partial charge is 0.265 e. The second-order valence-electron chi connectivity index (χ2n) is 6.72. The first-order valence-electron chi connectivity index (χ1n) is 10.3. The molecule has 30 heavy (non-hydrogen) atoms. The summed E-state index contributed by atoms with van der Waals surface area (Å²) in [4.78, 5) is 26.7. The maximum absolute atomic E-state index is 14.4. The third-order valence-corrected chi connectivity index (χ3v) is 5.51. The second kappa shape index (κ2) is 7.94. The van der Waals surface area contributed by atoms with E-state index in [1.807, 2.05) is 0 Å². The van der Waals surface area contributed by atoms with Crippen LogP contribution in [0.15, 0.2) is 30.3 Å². The van der Waals surface area contributed by atoms with Crippen LogP contribution in [0.3, 0.4) is 0 Å². The summed E-state index contributed by atoms with van der Waals surface area (Å²) in [6.45, 7) is 1.75. The van der Waals surface area contributed by atoms with Crippen LogP contribution in [0.25, 0.3) is 0 Å². The molecule has 0 saturated carbocycles. The number of fused-ring (bicyclic) bond motifs is 1. The molecule has 0 aromatic heterocycles. The topological polar surface area (TPSA) is 116 Å². The summed E-state index contributed by atoms with van der Waals surface area (Å²) >= 11 is 0. The van der Waals surface area contributed by atoms with Gasteiger partial charge in [-0.15, -0.1) is 0 Å². The van der Waals surface area contributed by atoms with E-state index in [2.05, 4.69) is 0 Å². The Labute approximate surface area is 177 Å². The van der Waals surface area contributed by atoms with E-state index in [1.165, 1.54) is 18.2 Å². The zero-order valence-electron chi connectivity index (χ0n) is 19.1. The molecule has 0 aliphatic carbocycles. The molecule has 2 amide bonds. The Bertz CT molecular complexity index is 1190. The number of imide groups is 1. The Balaban J connectivity index is 2.14. The van der Waals surface area contributed by atoms with Gasteiger partial charge in [0.25, 0.3) is 11.8 Å². The van der Waals surface area contributed by atoms with Gasteiger partial charge in [0.15, 0.2) is 11.5 Å². The molecule has 0 unspecified atom stereocenters. The average Bonchev–Trinajstić information content (AvgIpc) is 2.94. The monoisotopic (exact) mass is 439 g/mol. The number of anilines is 1. The average molecular weight is 439 g/mol. The maximum Gasteiger partial charge on any atom is 0.265 e. The number of nitrogens with zero attached hydrogens (tertiary/aromatic N) is 1. The SMILES string of the molecule is [2H]C([2H])([2H])Oc1ccc([C@@H](CS(C)(=O)=O)N2C(=O)c3c(N)ccc(F)c3C2=O)cc1OCC. The predicted molar refractivity (Wildman–Crippen MR) is 108 cm³/mol. The van der Waals surface area contributed by atoms with Crippen molar-refractivity contribution >= 4 is 27.3 Å². The minimum Gasteiger partial charge on any atom is -0.493 e. The van der Waals surface area contributed by atoms with Crippen LogP contribution in [-0.4, -0.2) is 50.8 Å². The number of nitrogens with two attached hydrogens (primary N) is 1. The van der Waals surface area contributed by atoms with Crippen LogP contribution in [0, 0.1) is 5.82 Å². The molecule has 10 heteroatoms. The molecular formula is C20H21FN2O6S. The summed E-state index contributed by atoms with van der Waals surface area (Å²) in [5, 5.41) is 0. The molecule has 2 N–H and O–H groups in total. The van der Waals surface area contributed by atoms with Crippen LogP contribution in [0.2, 0.25) is 0 Å². The zero-order valence-corrected chi connectivity index (χ0v) is 17.0. The Kier molecular flexibility index (Phi) is 4.68. The quantitative estimate of drug-likeness (QED) is 0.519. The first kappa shape index (κ1) is 17.7. The number of hydrogen-bond donors (Lipinski definition) is 1. The van der Waals surface area contributed by atoms with E-state index in [4.69, 9.17) is 19.3 Å². The molecule has 2 aromatic carbocycles. The fourth-order valence-electron chi connectivity index (χ4n) is 3.34. The number of ether oxygens (including phenoxy) is 2. The molecule has 1 atom stereocenters. The Morgan fingerprint density at radius 3 is 2.47 bits per heavy atom. The van der Waals surface area contributed by atoms with Crippen molar-refractivity contribution in [1.29, 1.82) is 0 Å². The van der Waals surface area contributed by atoms with Crippen LogP contribution in [0.5, 0.6) is 11.5 Å². The first-order valence-corrected chi connectivity index (χ1v) is 10.9. The van der Waals surface area contributed by atoms with Crippen molar-refractivity contribution in [3.05, 3.63) is 52.8 Å². The van der Waals surface area contributed by atoms with Crippen LogP contribution < -0.4 is 15.2 Å². The zero-order chi connectivity index (χ0) is 24.7. The van der Waals surface area contributed by atoms with Gasteiger partial charge >= 0.3 is 0 Å². The Hall–Kier alpha value is -3.14. The number of halogens is 1. The van der Waals surface area contributed by atoms with Gasteiger partial charge in [-0.1, -0.05) is 6.07 Å². The molecule has 0 fully saturated rings. The molecule has 1 heterocycles. The molecule has 0 saturated heterocycles. The number of sulfone groups is 1. The molecule has 2 aromatic rings. The number of carbonyl (C=O) groups excluding carboxylic acids is 2. The lowest BCUT2D eigenvalue weighted by Crippen LogP contribution is -2.38. The third-order valence-electron chi connectivity index (χ3n) is 4.59. The molecule has 1 aliphatic rings. The normalized spacial score (nSPS) is 16.5. The van der Waals surface area contributed by atoms with Crippen molar-refractivity contribution < 1.29 is 36.0 Å². The summed E-state index contributed by atoms with van der Waals surface area (Å²) in [5.41, 5.74) is 4.92. The Morgan fingerprint density at radius 2 is 1.87 bits per heavy atom. The number of benzene rings is 2. The minimum atomic E-state index is -3.76. The van der Waals surface area contributed by atoms with Gasteiger partial charge in [0.2, 0.25) is 0 Å². The summed E-state index contributed by atoms with van der Waals surface area (Å²) in [5.74, 6) is -3.79. The van der Waals surface area contributed by atoms with Crippen molar-refractivity contribution in [2.24, 2.45) is 0 Å². The van der Waals surface area contributed by atoms with Crippen LogP contribution in [0.4, 0.5) is 10.1 Å². The van der Waals surface area contributed by atoms with Crippen molar-refractivity contribution in [1.82, 2.24) is 4.90 Å². The lowest BCUT2D eigenvalue weighted by Gasteiger charge is -2.26. The van der Waals surface area contributed by atoms with Crippen molar-refractivity contribution in [3.63, 3.8) is 0 Å². The van der Waals surface area contributed by atoms with Gasteiger partial charge in [0.05, 0.1) is 40.7 Å². The van der Waals surface area contributed by atoms with Crippen LogP contribution in [-0.2, 0) is 9.84 Å². The highest BCUT2D eigenvalue weighted by atomic mass is 32.2. The van der Waals surface area contributed by atoms with Crippen LogP contribution in [0.1, 0.15) is 43.4 Å². The summed E-state index contributed by atoms with van der Waals surface area (Å²) in [6, 6.07) is 4.54. The number of amides is 2. The summed E-state index contributed by atoms with van der Waals surface area (Å²) < 4.78 is 70.9. The lowest BCUT2D eigenvalue weighted by atomic mass is 10.1. The van der Waals surface area contributed by atoms with Crippen molar-refractivity contribution in [3.8, 4) is 11.5 Å². The highest BCUT2D eigenvalue weighted by molar-refractivity contribution is 7.90. The van der Waals surface area contributed by atoms with E-state index in [0.29, 0.717) is 4.90 Å². The van der Waals surface area contributed by atoms with Gasteiger partial charge in [-0.3, -0.25) is 14.5 Å². The molecule has 3 rings (SSSR count). The first-order chi connectivity index (χ1) is 15.2. The van der Waals surface area contributed by atoms with Gasteiger partial charge in [-0.05, 0) is 36.8 Å². The molecular weight excluding hydrogens is 415 g/mol. The van der Waals surface area contributed by atoms with E-state index in [0.717, 1.165) is 18.4 Å². The van der Waals surface area contributed by atoms with Gasteiger partial charge in [-0.2, -0.15) is 0 Å². The third kappa shape index (κ3) is 3.82. The second-order valence-corrected chi connectivity index (χ2v) is 8.90. The highest BCUT2D eigenvalue weighted by Crippen LogP contribution is 2.38. The molecule has 1 aliphatic heterocycles. The van der Waals surface area contributed by atoms with E-state index < -0.39 is 51.9 Å². The lowest BCUT2D eigenvalue weighted by molar-refractivity contribution is 0.0596. The van der Waals surface area contributed by atoms with E-state index in [1.54, 1.807) is 6.92 Å². The fourth-order valence-corrected chi connectivity index (χ4v) is 4.26. The van der Waals surface area contributed by atoms with Crippen molar-refractivity contribution in [2.75, 3.05) is 31.4 Å². The number of carbonyl (C=O) groups is 2. The van der Waals surface area contributed by atoms with Gasteiger partial charge in [0, 0.05) is 11.9 Å². The van der Waals surface area contributed by atoms with Crippen LogP contribution >= 0.6 is 0 Å². The van der Waals surface area contributed by atoms with E-state index in [9.17, 15) is 22.4 Å². The van der Waals surface area contributed by atoms with E-state index >= 15 is 0 Å². The van der Waals surface area contributed by atoms with Gasteiger partial charge in [0.1, 0.15) is 15.7 Å². The van der Waals surface area contributed by atoms with Gasteiger partial charge in [-0.25, -0.2) is 12.8 Å². The van der Waals surface area contributed by atoms with Gasteiger partial charge < -0.3 is 15.2 Å². The standard InChI is InChI=1S/C20H21FN2O6S/c1-4-29-16-9-11(5-8-15(16)28-2)14(10-30(3,26)27)23-19(24)17-12(21)6-7-13(22)18(17)20(23)25/h5-9,14H,4,10,22H2,1-3H3/t14-/m1/s1/i2D3. The fraction of sp³-hybridized carbons (Fsp3) is 0.300. The number of hydrogen-bond acceptors (Lipinski definition) is 7. The van der Waals surface area contributed by atoms with Crippen molar-refractivity contribution in [2.45, 2.75) is 13.0 Å². The maximum atomic E-state index is 14.4. The predicted octanol–water partition coefficient (Wildman–Crippen LogP) is 2.20. The highest BCUT2D eigenvalue weighted by Gasteiger charge is 2.44. The van der Waals surface area contributed by atoms with E-state index in [-0.39, 0.29) is 34.9 Å². The minimum absolute atomic E-state index is 0.0353. The largest absolute Gasteiger partial charge is 0.493 e. The number of methoxy groups -OCH3 is 1.